The van der Waals surface area contributed by atoms with E-state index in [0.29, 0.717) is 5.75 Å². The van der Waals surface area contributed by atoms with Gasteiger partial charge >= 0.3 is 0 Å². The highest BCUT2D eigenvalue weighted by Gasteiger charge is 2.36. The van der Waals surface area contributed by atoms with Crippen LogP contribution < -0.4 is 0 Å². The molecule has 1 N–H and O–H groups in total. The molecule has 1 aliphatic heterocycles. The van der Waals surface area contributed by atoms with Gasteiger partial charge in [0.05, 0.1) is 10.9 Å². The fraction of sp³-hybridized carbons (Fsp3) is 0.0526. The molecule has 3 aromatic rings. The molecule has 0 fully saturated rings. The van der Waals surface area contributed by atoms with Crippen LogP contribution in [0.2, 0.25) is 0 Å². The Morgan fingerprint density at radius 2 is 1.19 bits per heavy atom. The van der Waals surface area contributed by atoms with E-state index in [2.05, 4.69) is 48.5 Å². The lowest BCUT2D eigenvalue weighted by atomic mass is 10.0. The number of hydrogen-bond acceptors (Lipinski definition) is 1. The van der Waals surface area contributed by atoms with Gasteiger partial charge in [-0.05, 0) is 36.4 Å². The monoisotopic (exact) mass is 291 g/mol. The molecule has 2 heteroatoms. The largest absolute Gasteiger partial charge is 0.508 e. The van der Waals surface area contributed by atoms with E-state index in [-0.39, 0.29) is 10.9 Å². The topological polar surface area (TPSA) is 20.2 Å². The van der Waals surface area contributed by atoms with Gasteiger partial charge in [-0.2, -0.15) is 0 Å². The number of hydrogen-bond donors (Lipinski definition) is 1. The maximum absolute atomic E-state index is 9.55. The highest BCUT2D eigenvalue weighted by Crippen LogP contribution is 2.40. The van der Waals surface area contributed by atoms with Crippen molar-refractivity contribution < 1.29 is 5.11 Å². The smallest absolute Gasteiger partial charge is 0.170 e. The molecule has 102 valence electrons. The van der Waals surface area contributed by atoms with Gasteiger partial charge in [0.15, 0.2) is 14.7 Å². The summed E-state index contributed by atoms with van der Waals surface area (Å²) in [6.07, 6.45) is 1.01. The third-order valence-electron chi connectivity index (χ3n) is 3.84. The van der Waals surface area contributed by atoms with Gasteiger partial charge in [0, 0.05) is 17.5 Å². The van der Waals surface area contributed by atoms with E-state index in [0.717, 1.165) is 6.42 Å². The van der Waals surface area contributed by atoms with E-state index in [1.165, 1.54) is 25.8 Å². The molecule has 0 saturated heterocycles. The first kappa shape index (κ1) is 12.5. The maximum Gasteiger partial charge on any atom is 0.170 e. The molecule has 4 rings (SSSR count). The molecule has 0 atom stereocenters. The van der Waals surface area contributed by atoms with Crippen molar-refractivity contribution in [2.75, 3.05) is 0 Å². The molecule has 21 heavy (non-hydrogen) atoms. The Hall–Kier alpha value is -2.19. The number of aromatic hydroxyl groups is 1. The van der Waals surface area contributed by atoms with E-state index in [9.17, 15) is 5.11 Å². The number of phenols is 1. The molecule has 0 radical (unpaired) electrons. The Balaban J connectivity index is 1.95. The van der Waals surface area contributed by atoms with E-state index in [1.807, 2.05) is 12.1 Å². The number of benzene rings is 3. The van der Waals surface area contributed by atoms with E-state index in [1.54, 1.807) is 12.1 Å². The molecule has 0 aromatic heterocycles. The second kappa shape index (κ2) is 4.97. The first-order valence-corrected chi connectivity index (χ1v) is 8.24. The van der Waals surface area contributed by atoms with Crippen molar-refractivity contribution in [3.8, 4) is 5.75 Å². The van der Waals surface area contributed by atoms with Crippen LogP contribution in [0.15, 0.2) is 87.5 Å². The Bertz CT molecular complexity index is 747. The fourth-order valence-electron chi connectivity index (χ4n) is 2.86. The summed E-state index contributed by atoms with van der Waals surface area (Å²) in [4.78, 5) is 4.07. The van der Waals surface area contributed by atoms with E-state index in [4.69, 9.17) is 0 Å². The van der Waals surface area contributed by atoms with Crippen LogP contribution >= 0.6 is 0 Å². The van der Waals surface area contributed by atoms with Crippen LogP contribution in [0.3, 0.4) is 0 Å². The Morgan fingerprint density at radius 1 is 0.667 bits per heavy atom. The average Bonchev–Trinajstić information content (AvgIpc) is 2.53. The molecular formula is C19H15OS+. The zero-order chi connectivity index (χ0) is 14.2. The first-order valence-electron chi connectivity index (χ1n) is 7.02. The van der Waals surface area contributed by atoms with Gasteiger partial charge < -0.3 is 5.11 Å². The molecule has 1 aliphatic rings. The van der Waals surface area contributed by atoms with Gasteiger partial charge in [-0.15, -0.1) is 0 Å². The van der Waals surface area contributed by atoms with Crippen LogP contribution in [0.5, 0.6) is 5.75 Å². The Labute approximate surface area is 127 Å². The summed E-state index contributed by atoms with van der Waals surface area (Å²) in [5.41, 5.74) is 2.82. The fourth-order valence-corrected chi connectivity index (χ4v) is 5.24. The second-order valence-corrected chi connectivity index (χ2v) is 7.16. The summed E-state index contributed by atoms with van der Waals surface area (Å²) >= 11 is 0. The summed E-state index contributed by atoms with van der Waals surface area (Å²) in [6, 6.07) is 25.0. The molecule has 0 unspecified atom stereocenters. The van der Waals surface area contributed by atoms with Crippen molar-refractivity contribution in [3.63, 3.8) is 0 Å². The van der Waals surface area contributed by atoms with Crippen LogP contribution in [0.4, 0.5) is 0 Å². The standard InChI is InChI=1S/C19H14OS/c20-16-9-11-17(12-10-16)21-18-7-3-1-5-14(18)13-15-6-2-4-8-19(15)21/h1-12H,13H2/p+1. The summed E-state index contributed by atoms with van der Waals surface area (Å²) in [7, 11) is -0.0773. The predicted molar refractivity (Wildman–Crippen MR) is 86.0 cm³/mol. The third kappa shape index (κ3) is 2.12. The Morgan fingerprint density at radius 3 is 1.76 bits per heavy atom. The average molecular weight is 291 g/mol. The molecule has 1 nitrogen and oxygen atoms in total. The van der Waals surface area contributed by atoms with E-state index < -0.39 is 0 Å². The van der Waals surface area contributed by atoms with Gasteiger partial charge in [0.1, 0.15) is 5.75 Å². The SMILES string of the molecule is Oc1ccc([S+]2c3ccccc3Cc3ccccc32)cc1. The van der Waals surface area contributed by atoms with Gasteiger partial charge in [0.2, 0.25) is 0 Å². The van der Waals surface area contributed by atoms with Gasteiger partial charge in [-0.25, -0.2) is 0 Å². The minimum absolute atomic E-state index is 0.0773. The van der Waals surface area contributed by atoms with Crippen LogP contribution in [0.1, 0.15) is 11.1 Å². The highest BCUT2D eigenvalue weighted by atomic mass is 32.2. The van der Waals surface area contributed by atoms with Gasteiger partial charge in [0.25, 0.3) is 0 Å². The third-order valence-corrected chi connectivity index (χ3v) is 6.26. The molecule has 0 spiro atoms. The maximum atomic E-state index is 9.55. The zero-order valence-electron chi connectivity index (χ0n) is 11.5. The number of phenolic OH excluding ortho intramolecular Hbond substituents is 1. The molecular weight excluding hydrogens is 276 g/mol. The zero-order valence-corrected chi connectivity index (χ0v) is 12.3. The van der Waals surface area contributed by atoms with E-state index >= 15 is 0 Å². The molecule has 3 aromatic carbocycles. The van der Waals surface area contributed by atoms with Crippen molar-refractivity contribution >= 4 is 10.9 Å². The van der Waals surface area contributed by atoms with Gasteiger partial charge in [-0.3, -0.25) is 0 Å². The lowest BCUT2D eigenvalue weighted by Gasteiger charge is -2.19. The molecule has 0 aliphatic carbocycles. The lowest BCUT2D eigenvalue weighted by molar-refractivity contribution is 0.475. The van der Waals surface area contributed by atoms with Crippen LogP contribution in [-0.2, 0) is 17.3 Å². The molecule has 0 amide bonds. The normalized spacial score (nSPS) is 13.5. The second-order valence-electron chi connectivity index (χ2n) is 5.19. The van der Waals surface area contributed by atoms with Crippen molar-refractivity contribution in [2.45, 2.75) is 21.1 Å². The van der Waals surface area contributed by atoms with Crippen LogP contribution in [0.25, 0.3) is 0 Å². The quantitative estimate of drug-likeness (QED) is 0.516. The minimum atomic E-state index is -0.0773. The molecule has 1 heterocycles. The van der Waals surface area contributed by atoms with Crippen molar-refractivity contribution in [1.82, 2.24) is 0 Å². The number of fused-ring (bicyclic) bond motifs is 2. The van der Waals surface area contributed by atoms with Gasteiger partial charge in [-0.1, -0.05) is 36.4 Å². The summed E-state index contributed by atoms with van der Waals surface area (Å²) in [5.74, 6) is 0.320. The summed E-state index contributed by atoms with van der Waals surface area (Å²) < 4.78 is 0. The minimum Gasteiger partial charge on any atom is -0.508 e. The van der Waals surface area contributed by atoms with Crippen molar-refractivity contribution in [2.24, 2.45) is 0 Å². The first-order chi connectivity index (χ1) is 10.3. The summed E-state index contributed by atoms with van der Waals surface area (Å²) in [5, 5.41) is 9.55. The lowest BCUT2D eigenvalue weighted by Crippen LogP contribution is -2.15. The molecule has 0 bridgehead atoms. The predicted octanol–water partition coefficient (Wildman–Crippen LogP) is 4.39. The highest BCUT2D eigenvalue weighted by molar-refractivity contribution is 7.97. The number of rotatable bonds is 1. The van der Waals surface area contributed by atoms with Crippen molar-refractivity contribution in [1.29, 1.82) is 0 Å². The molecule has 0 saturated carbocycles. The van der Waals surface area contributed by atoms with Crippen LogP contribution in [-0.4, -0.2) is 5.11 Å². The summed E-state index contributed by atoms with van der Waals surface area (Å²) in [6.45, 7) is 0. The van der Waals surface area contributed by atoms with Crippen molar-refractivity contribution in [3.05, 3.63) is 83.9 Å². The Kier molecular flexibility index (Phi) is 2.97. The van der Waals surface area contributed by atoms with Crippen LogP contribution in [0, 0.1) is 0 Å².